The molecule has 3 unspecified atom stereocenters. The molecule has 17 heavy (non-hydrogen) atoms. The molecule has 0 aromatic carbocycles. The third-order valence-electron chi connectivity index (χ3n) is 3.96. The predicted octanol–water partition coefficient (Wildman–Crippen LogP) is 0.684. The maximum atomic E-state index is 11.7. The molecular formula is C12H24N2O2S. The van der Waals surface area contributed by atoms with E-state index in [1.807, 2.05) is 0 Å². The third kappa shape index (κ3) is 3.66. The summed E-state index contributed by atoms with van der Waals surface area (Å²) in [6.07, 6.45) is 5.31. The number of nitrogens with one attached hydrogen (secondary N) is 2. The van der Waals surface area contributed by atoms with Crippen LogP contribution in [0.1, 0.15) is 39.0 Å². The van der Waals surface area contributed by atoms with Gasteiger partial charge >= 0.3 is 0 Å². The van der Waals surface area contributed by atoms with Gasteiger partial charge in [-0.25, -0.2) is 8.42 Å². The highest BCUT2D eigenvalue weighted by Gasteiger charge is 2.31. The summed E-state index contributed by atoms with van der Waals surface area (Å²) < 4.78 is 23.3. The summed E-state index contributed by atoms with van der Waals surface area (Å²) in [6, 6.07) is 1.03. The van der Waals surface area contributed by atoms with Crippen molar-refractivity contribution in [1.29, 1.82) is 0 Å². The second kappa shape index (κ2) is 5.67. The highest BCUT2D eigenvalue weighted by atomic mass is 32.2. The molecule has 2 rings (SSSR count). The average molecular weight is 260 g/mol. The smallest absolute Gasteiger partial charge is 0.154 e. The van der Waals surface area contributed by atoms with Crippen LogP contribution in [0.25, 0.3) is 0 Å². The van der Waals surface area contributed by atoms with E-state index in [1.54, 1.807) is 0 Å². The molecule has 2 N–H and O–H groups in total. The lowest BCUT2D eigenvalue weighted by molar-refractivity contribution is 0.437. The van der Waals surface area contributed by atoms with Crippen LogP contribution < -0.4 is 10.6 Å². The summed E-state index contributed by atoms with van der Waals surface area (Å²) in [4.78, 5) is 0. The van der Waals surface area contributed by atoms with Crippen molar-refractivity contribution in [3.8, 4) is 0 Å². The van der Waals surface area contributed by atoms with Gasteiger partial charge in [0.15, 0.2) is 9.84 Å². The van der Waals surface area contributed by atoms with Crippen molar-refractivity contribution >= 4 is 9.84 Å². The van der Waals surface area contributed by atoms with Crippen molar-refractivity contribution < 1.29 is 8.42 Å². The fourth-order valence-electron chi connectivity index (χ4n) is 2.89. The molecule has 2 fully saturated rings. The first-order chi connectivity index (χ1) is 8.08. The van der Waals surface area contributed by atoms with Crippen LogP contribution in [0.5, 0.6) is 0 Å². The monoisotopic (exact) mass is 260 g/mol. The minimum Gasteiger partial charge on any atom is -0.314 e. The van der Waals surface area contributed by atoms with E-state index in [9.17, 15) is 8.42 Å². The molecule has 0 radical (unpaired) electrons. The summed E-state index contributed by atoms with van der Waals surface area (Å²) >= 11 is 0. The Morgan fingerprint density at radius 3 is 2.76 bits per heavy atom. The molecule has 0 saturated carbocycles. The van der Waals surface area contributed by atoms with Gasteiger partial charge in [0.25, 0.3) is 0 Å². The normalized spacial score (nSPS) is 33.9. The Morgan fingerprint density at radius 1 is 1.35 bits per heavy atom. The van der Waals surface area contributed by atoms with Crippen LogP contribution in [0.3, 0.4) is 0 Å². The summed E-state index contributed by atoms with van der Waals surface area (Å²) in [6.45, 7) is 3.92. The second-order valence-electron chi connectivity index (χ2n) is 5.47. The molecule has 3 atom stereocenters. The first kappa shape index (κ1) is 13.3. The predicted molar refractivity (Wildman–Crippen MR) is 69.9 cm³/mol. The molecule has 5 heteroatoms. The van der Waals surface area contributed by atoms with E-state index in [0.717, 1.165) is 25.8 Å². The van der Waals surface area contributed by atoms with E-state index in [2.05, 4.69) is 17.6 Å². The topological polar surface area (TPSA) is 58.2 Å². The fourth-order valence-corrected chi connectivity index (χ4v) is 4.67. The van der Waals surface area contributed by atoms with Crippen molar-refractivity contribution in [1.82, 2.24) is 10.6 Å². The van der Waals surface area contributed by atoms with Crippen molar-refractivity contribution in [2.24, 2.45) is 0 Å². The van der Waals surface area contributed by atoms with Crippen LogP contribution >= 0.6 is 0 Å². The number of hydrogen-bond donors (Lipinski definition) is 2. The number of rotatable bonds is 5. The van der Waals surface area contributed by atoms with Crippen LogP contribution in [-0.4, -0.2) is 44.6 Å². The molecule has 2 aliphatic heterocycles. The maximum Gasteiger partial charge on any atom is 0.154 e. The van der Waals surface area contributed by atoms with Crippen LogP contribution in [0, 0.1) is 0 Å². The lowest BCUT2D eigenvalue weighted by Gasteiger charge is -2.20. The summed E-state index contributed by atoms with van der Waals surface area (Å²) in [7, 11) is -2.79. The highest BCUT2D eigenvalue weighted by Crippen LogP contribution is 2.19. The molecule has 0 aliphatic carbocycles. The molecule has 0 aromatic heterocycles. The maximum absolute atomic E-state index is 11.7. The van der Waals surface area contributed by atoms with E-state index in [1.165, 1.54) is 12.8 Å². The molecule has 0 spiro atoms. The Hall–Kier alpha value is -0.130. The molecule has 0 aromatic rings. The van der Waals surface area contributed by atoms with Gasteiger partial charge in [0.1, 0.15) is 0 Å². The zero-order chi connectivity index (χ0) is 12.3. The molecule has 0 amide bonds. The van der Waals surface area contributed by atoms with Gasteiger partial charge in [0.2, 0.25) is 0 Å². The second-order valence-corrected chi connectivity index (χ2v) is 7.87. The van der Waals surface area contributed by atoms with Gasteiger partial charge in [0.05, 0.1) is 11.0 Å². The van der Waals surface area contributed by atoms with E-state index >= 15 is 0 Å². The van der Waals surface area contributed by atoms with Crippen LogP contribution in [0.15, 0.2) is 0 Å². The van der Waals surface area contributed by atoms with Gasteiger partial charge in [-0.05, 0) is 45.6 Å². The number of sulfone groups is 1. The van der Waals surface area contributed by atoms with Crippen molar-refractivity contribution in [3.63, 3.8) is 0 Å². The minimum atomic E-state index is -2.79. The van der Waals surface area contributed by atoms with Crippen LogP contribution in [-0.2, 0) is 9.84 Å². The van der Waals surface area contributed by atoms with Gasteiger partial charge < -0.3 is 10.6 Å². The lowest BCUT2D eigenvalue weighted by atomic mass is 10.1. The standard InChI is InChI=1S/C12H24N2O2S/c1-10(8-11-4-2-6-13-11)14-9-12-5-3-7-17(12,15)16/h10-14H,2-9H2,1H3. The number of hydrogen-bond acceptors (Lipinski definition) is 4. The van der Waals surface area contributed by atoms with Gasteiger partial charge in [-0.1, -0.05) is 0 Å². The Labute approximate surface area is 104 Å². The summed E-state index contributed by atoms with van der Waals surface area (Å²) in [5, 5.41) is 6.72. The van der Waals surface area contributed by atoms with Crippen LogP contribution in [0.4, 0.5) is 0 Å². The van der Waals surface area contributed by atoms with Crippen molar-refractivity contribution in [2.45, 2.75) is 56.4 Å². The molecule has 4 nitrogen and oxygen atoms in total. The third-order valence-corrected chi connectivity index (χ3v) is 6.23. The summed E-state index contributed by atoms with van der Waals surface area (Å²) in [5.41, 5.74) is 0. The quantitative estimate of drug-likeness (QED) is 0.763. The SMILES string of the molecule is CC(CC1CCCN1)NCC1CCCS1(=O)=O. The van der Waals surface area contributed by atoms with Crippen LogP contribution in [0.2, 0.25) is 0 Å². The molecular weight excluding hydrogens is 236 g/mol. The fraction of sp³-hybridized carbons (Fsp3) is 1.00. The Balaban J connectivity index is 1.70. The van der Waals surface area contributed by atoms with Gasteiger partial charge in [-0.3, -0.25) is 0 Å². The first-order valence-electron chi connectivity index (χ1n) is 6.76. The van der Waals surface area contributed by atoms with Crippen molar-refractivity contribution in [3.05, 3.63) is 0 Å². The zero-order valence-corrected chi connectivity index (χ0v) is 11.4. The van der Waals surface area contributed by atoms with E-state index in [0.29, 0.717) is 24.4 Å². The van der Waals surface area contributed by atoms with E-state index in [-0.39, 0.29) is 5.25 Å². The lowest BCUT2D eigenvalue weighted by Crippen LogP contribution is -2.39. The zero-order valence-electron chi connectivity index (χ0n) is 10.6. The van der Waals surface area contributed by atoms with E-state index < -0.39 is 9.84 Å². The van der Waals surface area contributed by atoms with Gasteiger partial charge in [-0.2, -0.15) is 0 Å². The Kier molecular flexibility index (Phi) is 4.44. The average Bonchev–Trinajstić information content (AvgIpc) is 2.85. The molecule has 2 heterocycles. The largest absolute Gasteiger partial charge is 0.314 e. The van der Waals surface area contributed by atoms with E-state index in [4.69, 9.17) is 0 Å². The molecule has 100 valence electrons. The highest BCUT2D eigenvalue weighted by molar-refractivity contribution is 7.92. The minimum absolute atomic E-state index is 0.138. The first-order valence-corrected chi connectivity index (χ1v) is 8.48. The summed E-state index contributed by atoms with van der Waals surface area (Å²) in [5.74, 6) is 0.387. The van der Waals surface area contributed by atoms with Gasteiger partial charge in [-0.15, -0.1) is 0 Å². The Morgan fingerprint density at radius 2 is 2.18 bits per heavy atom. The molecule has 2 saturated heterocycles. The molecule has 2 aliphatic rings. The van der Waals surface area contributed by atoms with Gasteiger partial charge in [0, 0.05) is 18.6 Å². The molecule has 0 bridgehead atoms. The van der Waals surface area contributed by atoms with Crippen molar-refractivity contribution in [2.75, 3.05) is 18.8 Å². The Bertz CT molecular complexity index is 336.